The lowest BCUT2D eigenvalue weighted by Crippen LogP contribution is -1.94. The van der Waals surface area contributed by atoms with E-state index in [0.717, 1.165) is 17.0 Å². The van der Waals surface area contributed by atoms with Crippen LogP contribution in [0.25, 0.3) is 11.3 Å². The van der Waals surface area contributed by atoms with Gasteiger partial charge in [-0.25, -0.2) is 18.7 Å². The fourth-order valence-corrected chi connectivity index (χ4v) is 1.66. The van der Waals surface area contributed by atoms with Crippen molar-refractivity contribution in [3.63, 3.8) is 0 Å². The fraction of sp³-hybridized carbons (Fsp3) is 0.231. The minimum Gasteiger partial charge on any atom is -0.239 e. The lowest BCUT2D eigenvalue weighted by molar-refractivity contribution is 0.151. The summed E-state index contributed by atoms with van der Waals surface area (Å²) < 4.78 is 24.8. The molecule has 0 amide bonds. The lowest BCUT2D eigenvalue weighted by atomic mass is 10.1. The van der Waals surface area contributed by atoms with E-state index in [1.807, 2.05) is 19.9 Å². The second-order valence-corrected chi connectivity index (χ2v) is 3.86. The molecule has 0 saturated carbocycles. The third kappa shape index (κ3) is 2.64. The van der Waals surface area contributed by atoms with Gasteiger partial charge >= 0.3 is 0 Å². The average molecular weight is 234 g/mol. The highest BCUT2D eigenvalue weighted by molar-refractivity contribution is 5.59. The highest BCUT2D eigenvalue weighted by atomic mass is 19.3. The molecule has 2 rings (SSSR count). The topological polar surface area (TPSA) is 25.8 Å². The molecule has 2 aromatic rings. The molecule has 0 aliphatic rings. The summed E-state index contributed by atoms with van der Waals surface area (Å²) in [4.78, 5) is 8.45. The Kier molecular flexibility index (Phi) is 3.13. The van der Waals surface area contributed by atoms with Gasteiger partial charge < -0.3 is 0 Å². The van der Waals surface area contributed by atoms with Crippen molar-refractivity contribution in [3.8, 4) is 11.3 Å². The van der Waals surface area contributed by atoms with Gasteiger partial charge in [0, 0.05) is 16.8 Å². The Morgan fingerprint density at radius 2 is 1.65 bits per heavy atom. The third-order valence-electron chi connectivity index (χ3n) is 2.42. The Labute approximate surface area is 98.4 Å². The summed E-state index contributed by atoms with van der Waals surface area (Å²) in [6.07, 6.45) is -2.43. The second-order valence-electron chi connectivity index (χ2n) is 3.86. The minimum absolute atomic E-state index is 0.0243. The smallest absolute Gasteiger partial charge is 0.239 e. The van der Waals surface area contributed by atoms with E-state index in [-0.39, 0.29) is 5.56 Å². The molecule has 0 atom stereocenters. The van der Waals surface area contributed by atoms with Crippen LogP contribution >= 0.6 is 0 Å². The maximum Gasteiger partial charge on any atom is 0.263 e. The molecule has 0 spiro atoms. The molecule has 17 heavy (non-hydrogen) atoms. The summed E-state index contributed by atoms with van der Waals surface area (Å²) in [5.41, 5.74) is 2.47. The molecule has 0 radical (unpaired) electrons. The van der Waals surface area contributed by atoms with Crippen LogP contribution in [0.4, 0.5) is 8.78 Å². The first-order valence-electron chi connectivity index (χ1n) is 5.27. The number of hydrogen-bond acceptors (Lipinski definition) is 2. The predicted octanol–water partition coefficient (Wildman–Crippen LogP) is 3.70. The van der Waals surface area contributed by atoms with Crippen molar-refractivity contribution in [2.24, 2.45) is 0 Å². The molecule has 4 heteroatoms. The fourth-order valence-electron chi connectivity index (χ4n) is 1.66. The number of halogens is 2. The van der Waals surface area contributed by atoms with Crippen molar-refractivity contribution < 1.29 is 8.78 Å². The van der Waals surface area contributed by atoms with E-state index in [0.29, 0.717) is 5.82 Å². The second kappa shape index (κ2) is 4.57. The van der Waals surface area contributed by atoms with Crippen LogP contribution in [-0.2, 0) is 0 Å². The Hall–Kier alpha value is -1.84. The number of nitrogens with zero attached hydrogens (tertiary/aromatic N) is 2. The van der Waals surface area contributed by atoms with Crippen LogP contribution in [0.15, 0.2) is 30.3 Å². The Morgan fingerprint density at radius 3 is 2.18 bits per heavy atom. The third-order valence-corrected chi connectivity index (χ3v) is 2.42. The van der Waals surface area contributed by atoms with Crippen LogP contribution in [0.1, 0.15) is 23.5 Å². The summed E-state index contributed by atoms with van der Waals surface area (Å²) in [7, 11) is 0. The van der Waals surface area contributed by atoms with Crippen LogP contribution in [0.5, 0.6) is 0 Å². The summed E-state index contributed by atoms with van der Waals surface area (Å²) in [6, 6.07) is 8.00. The zero-order valence-corrected chi connectivity index (χ0v) is 9.61. The number of alkyl halides is 2. The average Bonchev–Trinajstić information content (AvgIpc) is 2.28. The molecule has 0 N–H and O–H groups in total. The van der Waals surface area contributed by atoms with Gasteiger partial charge in [-0.2, -0.15) is 0 Å². The van der Waals surface area contributed by atoms with E-state index < -0.39 is 6.43 Å². The van der Waals surface area contributed by atoms with Gasteiger partial charge in [0.05, 0.1) is 5.69 Å². The molecule has 0 unspecified atom stereocenters. The summed E-state index contributed by atoms with van der Waals surface area (Å²) >= 11 is 0. The zero-order chi connectivity index (χ0) is 12.4. The first kappa shape index (κ1) is 11.6. The van der Waals surface area contributed by atoms with Crippen LogP contribution in [0.3, 0.4) is 0 Å². The van der Waals surface area contributed by atoms with Gasteiger partial charge in [0.25, 0.3) is 6.43 Å². The van der Waals surface area contributed by atoms with Crippen molar-refractivity contribution in [3.05, 3.63) is 47.4 Å². The lowest BCUT2D eigenvalue weighted by Gasteiger charge is -2.05. The van der Waals surface area contributed by atoms with Crippen LogP contribution < -0.4 is 0 Å². The molecule has 1 aromatic carbocycles. The first-order valence-corrected chi connectivity index (χ1v) is 5.27. The number of rotatable bonds is 2. The zero-order valence-electron chi connectivity index (χ0n) is 9.61. The van der Waals surface area contributed by atoms with Crippen molar-refractivity contribution in [1.82, 2.24) is 9.97 Å². The van der Waals surface area contributed by atoms with Crippen molar-refractivity contribution >= 4 is 0 Å². The number of aryl methyl sites for hydroxylation is 2. The van der Waals surface area contributed by atoms with E-state index >= 15 is 0 Å². The molecule has 88 valence electrons. The van der Waals surface area contributed by atoms with E-state index in [1.165, 1.54) is 12.1 Å². The summed E-state index contributed by atoms with van der Waals surface area (Å²) in [6.45, 7) is 3.69. The number of aromatic nitrogens is 2. The maximum absolute atomic E-state index is 12.4. The Balaban J connectivity index is 2.39. The molecule has 0 fully saturated rings. The largest absolute Gasteiger partial charge is 0.263 e. The SMILES string of the molecule is Cc1cc(-c2ccc(C(F)F)cc2)nc(C)n1. The molecular weight excluding hydrogens is 222 g/mol. The van der Waals surface area contributed by atoms with Gasteiger partial charge in [-0.3, -0.25) is 0 Å². The van der Waals surface area contributed by atoms with Crippen molar-refractivity contribution in [2.75, 3.05) is 0 Å². The molecule has 0 aliphatic heterocycles. The molecule has 0 saturated heterocycles. The molecule has 1 heterocycles. The molecule has 2 nitrogen and oxygen atoms in total. The van der Waals surface area contributed by atoms with Gasteiger partial charge in [0.15, 0.2) is 0 Å². The van der Waals surface area contributed by atoms with Gasteiger partial charge in [0.2, 0.25) is 0 Å². The quantitative estimate of drug-likeness (QED) is 0.791. The summed E-state index contributed by atoms with van der Waals surface area (Å²) in [5.74, 6) is 0.679. The van der Waals surface area contributed by atoms with Gasteiger partial charge in [-0.1, -0.05) is 24.3 Å². The van der Waals surface area contributed by atoms with Gasteiger partial charge in [0.1, 0.15) is 5.82 Å². The first-order chi connectivity index (χ1) is 8.06. The molecule has 0 aliphatic carbocycles. The molecule has 0 bridgehead atoms. The van der Waals surface area contributed by atoms with Crippen LogP contribution in [0, 0.1) is 13.8 Å². The van der Waals surface area contributed by atoms with Gasteiger partial charge in [-0.05, 0) is 19.9 Å². The monoisotopic (exact) mass is 234 g/mol. The minimum atomic E-state index is -2.43. The normalized spacial score (nSPS) is 10.9. The number of hydrogen-bond donors (Lipinski definition) is 0. The highest BCUT2D eigenvalue weighted by Crippen LogP contribution is 2.23. The summed E-state index contributed by atoms with van der Waals surface area (Å²) in [5, 5.41) is 0. The van der Waals surface area contributed by atoms with Crippen molar-refractivity contribution in [2.45, 2.75) is 20.3 Å². The van der Waals surface area contributed by atoms with Crippen molar-refractivity contribution in [1.29, 1.82) is 0 Å². The van der Waals surface area contributed by atoms with E-state index in [4.69, 9.17) is 0 Å². The number of benzene rings is 1. The van der Waals surface area contributed by atoms with Crippen LogP contribution in [0.2, 0.25) is 0 Å². The highest BCUT2D eigenvalue weighted by Gasteiger charge is 2.07. The van der Waals surface area contributed by atoms with Gasteiger partial charge in [-0.15, -0.1) is 0 Å². The van der Waals surface area contributed by atoms with E-state index in [1.54, 1.807) is 12.1 Å². The Bertz CT molecular complexity index is 501. The Morgan fingerprint density at radius 1 is 1.00 bits per heavy atom. The maximum atomic E-state index is 12.4. The van der Waals surface area contributed by atoms with E-state index in [9.17, 15) is 8.78 Å². The van der Waals surface area contributed by atoms with Crippen LogP contribution in [-0.4, -0.2) is 9.97 Å². The predicted molar refractivity (Wildman–Crippen MR) is 61.9 cm³/mol. The standard InChI is InChI=1S/C13H12F2N2/c1-8-7-12(17-9(2)16-8)10-3-5-11(6-4-10)13(14)15/h3-7,13H,1-2H3. The molecular formula is C13H12F2N2. The van der Waals surface area contributed by atoms with E-state index in [2.05, 4.69) is 9.97 Å². The molecule has 1 aromatic heterocycles.